The Kier molecular flexibility index (Phi) is 4.74. The number of carbonyl (C=O) groups excluding carboxylic acids is 1. The third kappa shape index (κ3) is 3.38. The van der Waals surface area contributed by atoms with E-state index in [2.05, 4.69) is 16.9 Å². The zero-order valence-electron chi connectivity index (χ0n) is 10.8. The van der Waals surface area contributed by atoms with Gasteiger partial charge >= 0.3 is 0 Å². The van der Waals surface area contributed by atoms with Crippen molar-refractivity contribution in [1.29, 1.82) is 0 Å². The molecule has 0 aromatic heterocycles. The first-order chi connectivity index (χ1) is 8.26. The number of hydrogen-bond donors (Lipinski definition) is 2. The van der Waals surface area contributed by atoms with E-state index in [0.717, 1.165) is 32.5 Å². The van der Waals surface area contributed by atoms with Gasteiger partial charge in [-0.15, -0.1) is 0 Å². The second kappa shape index (κ2) is 6.10. The van der Waals surface area contributed by atoms with Gasteiger partial charge in [-0.05, 0) is 38.5 Å². The van der Waals surface area contributed by atoms with Crippen LogP contribution in [0.15, 0.2) is 0 Å². The van der Waals surface area contributed by atoms with E-state index < -0.39 is 0 Å². The summed E-state index contributed by atoms with van der Waals surface area (Å²) in [7, 11) is 0. The molecule has 2 rings (SSSR count). The summed E-state index contributed by atoms with van der Waals surface area (Å²) >= 11 is 1.94. The maximum absolute atomic E-state index is 12.1. The topological polar surface area (TPSA) is 41.1 Å². The van der Waals surface area contributed by atoms with Crippen LogP contribution >= 0.6 is 11.8 Å². The number of hydrogen-bond acceptors (Lipinski definition) is 3. The third-order valence-corrected chi connectivity index (χ3v) is 5.62. The first-order valence-electron chi connectivity index (χ1n) is 6.79. The van der Waals surface area contributed by atoms with Crippen LogP contribution in [-0.4, -0.2) is 36.5 Å². The van der Waals surface area contributed by atoms with Crippen LogP contribution in [0, 0.1) is 5.92 Å². The Hall–Kier alpha value is -0.220. The molecule has 1 unspecified atom stereocenters. The van der Waals surface area contributed by atoms with Crippen molar-refractivity contribution in [3.63, 3.8) is 0 Å². The minimum absolute atomic E-state index is 0.198. The van der Waals surface area contributed by atoms with Crippen molar-refractivity contribution in [3.05, 3.63) is 0 Å². The Bertz CT molecular complexity index is 258. The lowest BCUT2D eigenvalue weighted by molar-refractivity contribution is -0.125. The smallest absolute Gasteiger partial charge is 0.224 e. The van der Waals surface area contributed by atoms with Gasteiger partial charge in [0, 0.05) is 17.8 Å². The first kappa shape index (κ1) is 13.2. The molecule has 3 nitrogen and oxygen atoms in total. The highest BCUT2D eigenvalue weighted by molar-refractivity contribution is 8.00. The maximum Gasteiger partial charge on any atom is 0.224 e. The lowest BCUT2D eigenvalue weighted by Crippen LogP contribution is -2.45. The maximum atomic E-state index is 12.1. The van der Waals surface area contributed by atoms with Gasteiger partial charge in [0.05, 0.1) is 5.92 Å². The van der Waals surface area contributed by atoms with Gasteiger partial charge in [0.15, 0.2) is 0 Å². The number of amides is 1. The van der Waals surface area contributed by atoms with Gasteiger partial charge in [-0.25, -0.2) is 0 Å². The fourth-order valence-electron chi connectivity index (χ4n) is 2.94. The molecule has 4 heteroatoms. The molecule has 1 saturated carbocycles. The molecule has 1 aliphatic carbocycles. The minimum Gasteiger partial charge on any atom is -0.354 e. The van der Waals surface area contributed by atoms with E-state index in [1.807, 2.05) is 11.8 Å². The zero-order valence-corrected chi connectivity index (χ0v) is 11.6. The molecule has 1 atom stereocenters. The highest BCUT2D eigenvalue weighted by Gasteiger charge is 2.34. The van der Waals surface area contributed by atoms with Gasteiger partial charge in [0.1, 0.15) is 0 Å². The molecule has 0 aromatic carbocycles. The van der Waals surface area contributed by atoms with Crippen LogP contribution < -0.4 is 10.6 Å². The molecule has 98 valence electrons. The van der Waals surface area contributed by atoms with Crippen molar-refractivity contribution in [2.24, 2.45) is 5.92 Å². The highest BCUT2D eigenvalue weighted by atomic mass is 32.2. The molecule has 0 radical (unpaired) electrons. The molecule has 2 fully saturated rings. The molecule has 2 N–H and O–H groups in total. The number of rotatable bonds is 4. The minimum atomic E-state index is 0.198. The number of piperidine rings is 1. The Morgan fingerprint density at radius 2 is 2.18 bits per heavy atom. The average Bonchev–Trinajstić information content (AvgIpc) is 2.86. The average molecular weight is 256 g/mol. The molecule has 0 spiro atoms. The third-order valence-electron chi connectivity index (χ3n) is 4.20. The highest BCUT2D eigenvalue weighted by Crippen LogP contribution is 2.39. The summed E-state index contributed by atoms with van der Waals surface area (Å²) in [5.74, 6) is 0.460. The number of carbonyl (C=O) groups is 1. The van der Waals surface area contributed by atoms with Gasteiger partial charge in [-0.2, -0.15) is 11.8 Å². The molecular weight excluding hydrogens is 232 g/mol. The summed E-state index contributed by atoms with van der Waals surface area (Å²) in [6.45, 7) is 2.79. The second-order valence-corrected chi connectivity index (χ2v) is 6.63. The van der Waals surface area contributed by atoms with Crippen molar-refractivity contribution in [3.8, 4) is 0 Å². The molecule has 17 heavy (non-hydrogen) atoms. The molecule has 1 aliphatic heterocycles. The predicted octanol–water partition coefficient (Wildman–Crippen LogP) is 1.78. The van der Waals surface area contributed by atoms with Gasteiger partial charge in [-0.1, -0.05) is 12.8 Å². The normalized spacial score (nSPS) is 27.9. The van der Waals surface area contributed by atoms with E-state index in [0.29, 0.717) is 4.75 Å². The Morgan fingerprint density at radius 3 is 2.76 bits per heavy atom. The molecule has 0 aromatic rings. The van der Waals surface area contributed by atoms with E-state index >= 15 is 0 Å². The first-order valence-corrected chi connectivity index (χ1v) is 8.02. The quantitative estimate of drug-likeness (QED) is 0.805. The predicted molar refractivity (Wildman–Crippen MR) is 73.3 cm³/mol. The van der Waals surface area contributed by atoms with E-state index in [1.165, 1.54) is 25.7 Å². The summed E-state index contributed by atoms with van der Waals surface area (Å²) in [6, 6.07) is 0. The Labute approximate surface area is 108 Å². The summed E-state index contributed by atoms with van der Waals surface area (Å²) < 4.78 is 0.331. The van der Waals surface area contributed by atoms with Crippen LogP contribution in [0.5, 0.6) is 0 Å². The van der Waals surface area contributed by atoms with Crippen molar-refractivity contribution in [2.45, 2.75) is 43.3 Å². The van der Waals surface area contributed by atoms with Crippen LogP contribution in [0.2, 0.25) is 0 Å². The largest absolute Gasteiger partial charge is 0.354 e. The van der Waals surface area contributed by atoms with Crippen molar-refractivity contribution < 1.29 is 4.79 Å². The van der Waals surface area contributed by atoms with Gasteiger partial charge in [0.25, 0.3) is 0 Å². The number of nitrogens with one attached hydrogen (secondary N) is 2. The molecule has 2 aliphatic rings. The fraction of sp³-hybridized carbons (Fsp3) is 0.923. The summed E-state index contributed by atoms with van der Waals surface area (Å²) in [4.78, 5) is 12.1. The van der Waals surface area contributed by atoms with Gasteiger partial charge < -0.3 is 10.6 Å². The standard InChI is InChI=1S/C13H24N2OS/c1-17-13(6-2-3-7-13)10-15-12(16)11-5-4-8-14-9-11/h11,14H,2-10H2,1H3,(H,15,16). The van der Waals surface area contributed by atoms with Crippen molar-refractivity contribution >= 4 is 17.7 Å². The monoisotopic (exact) mass is 256 g/mol. The Balaban J connectivity index is 1.78. The van der Waals surface area contributed by atoms with Crippen LogP contribution in [0.1, 0.15) is 38.5 Å². The summed E-state index contributed by atoms with van der Waals surface area (Å²) in [6.07, 6.45) is 9.52. The fourth-order valence-corrected chi connectivity index (χ4v) is 3.85. The van der Waals surface area contributed by atoms with E-state index in [4.69, 9.17) is 0 Å². The van der Waals surface area contributed by atoms with Crippen LogP contribution in [0.4, 0.5) is 0 Å². The molecule has 1 heterocycles. The van der Waals surface area contributed by atoms with Crippen molar-refractivity contribution in [2.75, 3.05) is 25.9 Å². The van der Waals surface area contributed by atoms with Crippen LogP contribution in [0.3, 0.4) is 0 Å². The summed E-state index contributed by atoms with van der Waals surface area (Å²) in [5.41, 5.74) is 0. The lowest BCUT2D eigenvalue weighted by Gasteiger charge is -2.29. The number of thioether (sulfide) groups is 1. The van der Waals surface area contributed by atoms with E-state index in [9.17, 15) is 4.79 Å². The van der Waals surface area contributed by atoms with Gasteiger partial charge in [0.2, 0.25) is 5.91 Å². The van der Waals surface area contributed by atoms with Gasteiger partial charge in [-0.3, -0.25) is 4.79 Å². The molecule has 0 bridgehead atoms. The van der Waals surface area contributed by atoms with Crippen LogP contribution in [0.25, 0.3) is 0 Å². The molecule has 1 saturated heterocycles. The SMILES string of the molecule is CSC1(CNC(=O)C2CCCNC2)CCCC1. The Morgan fingerprint density at radius 1 is 1.41 bits per heavy atom. The zero-order chi connectivity index (χ0) is 12.1. The van der Waals surface area contributed by atoms with E-state index in [-0.39, 0.29) is 11.8 Å². The molecular formula is C13H24N2OS. The van der Waals surface area contributed by atoms with Crippen molar-refractivity contribution in [1.82, 2.24) is 10.6 Å². The van der Waals surface area contributed by atoms with Crippen LogP contribution in [-0.2, 0) is 4.79 Å². The molecule has 1 amide bonds. The second-order valence-electron chi connectivity index (χ2n) is 5.36. The lowest BCUT2D eigenvalue weighted by atomic mass is 9.98. The van der Waals surface area contributed by atoms with E-state index in [1.54, 1.807) is 0 Å². The summed E-state index contributed by atoms with van der Waals surface area (Å²) in [5, 5.41) is 6.49.